The average Bonchev–Trinajstić information content (AvgIpc) is 2.83. The van der Waals surface area contributed by atoms with Gasteiger partial charge in [-0.05, 0) is 49.0 Å². The van der Waals surface area contributed by atoms with Gasteiger partial charge in [0.2, 0.25) is 5.91 Å². The Hall–Kier alpha value is -1.55. The number of amides is 1. The first-order chi connectivity index (χ1) is 9.36. The number of benzene rings is 1. The highest BCUT2D eigenvalue weighted by molar-refractivity contribution is 5.95. The number of carbonyl (C=O) groups is 1. The van der Waals surface area contributed by atoms with Crippen molar-refractivity contribution in [2.75, 3.05) is 30.7 Å². The van der Waals surface area contributed by atoms with Crippen molar-refractivity contribution in [2.24, 2.45) is 0 Å². The van der Waals surface area contributed by atoms with Crippen molar-refractivity contribution >= 4 is 17.3 Å². The number of likely N-dealkylation sites (tertiary alicyclic amines) is 1. The largest absolute Gasteiger partial charge is 0.397 e. The average molecular weight is 275 g/mol. The molecule has 0 unspecified atom stereocenters. The maximum Gasteiger partial charge on any atom is 0.238 e. The Morgan fingerprint density at radius 1 is 1.30 bits per heavy atom. The van der Waals surface area contributed by atoms with Crippen molar-refractivity contribution in [3.05, 3.63) is 23.8 Å². The third kappa shape index (κ3) is 3.73. The third-order valence-corrected chi connectivity index (χ3v) is 3.76. The predicted octanol–water partition coefficient (Wildman–Crippen LogP) is 2.60. The van der Waals surface area contributed by atoms with Gasteiger partial charge in [0, 0.05) is 0 Å². The van der Waals surface area contributed by atoms with Gasteiger partial charge in [0.05, 0.1) is 17.9 Å². The molecule has 1 aromatic rings. The van der Waals surface area contributed by atoms with Crippen LogP contribution in [0.1, 0.15) is 39.2 Å². The van der Waals surface area contributed by atoms with Gasteiger partial charge in [-0.15, -0.1) is 0 Å². The van der Waals surface area contributed by atoms with E-state index in [1.807, 2.05) is 18.2 Å². The van der Waals surface area contributed by atoms with Gasteiger partial charge in [0.1, 0.15) is 0 Å². The summed E-state index contributed by atoms with van der Waals surface area (Å²) < 4.78 is 0. The molecular formula is C16H25N3O. The van der Waals surface area contributed by atoms with E-state index in [1.165, 1.54) is 18.4 Å². The standard InChI is InChI=1S/C16H25N3O/c1-16(2,3)12-6-7-14(13(17)10-12)18-15(20)11-19-8-4-5-9-19/h6-7,10H,4-5,8-9,11,17H2,1-3H3,(H,18,20). The van der Waals surface area contributed by atoms with Crippen LogP contribution in [0.25, 0.3) is 0 Å². The maximum atomic E-state index is 12.0. The molecule has 4 heteroatoms. The number of nitrogen functional groups attached to an aromatic ring is 1. The Balaban J connectivity index is 2.00. The molecule has 3 N–H and O–H groups in total. The monoisotopic (exact) mass is 275 g/mol. The van der Waals surface area contributed by atoms with Crippen molar-refractivity contribution in [1.29, 1.82) is 0 Å². The molecule has 2 rings (SSSR count). The number of nitrogens with one attached hydrogen (secondary N) is 1. The zero-order valence-electron chi connectivity index (χ0n) is 12.7. The van der Waals surface area contributed by atoms with Gasteiger partial charge >= 0.3 is 0 Å². The minimum Gasteiger partial charge on any atom is -0.397 e. The molecule has 4 nitrogen and oxygen atoms in total. The summed E-state index contributed by atoms with van der Waals surface area (Å²) in [6.07, 6.45) is 2.38. The van der Waals surface area contributed by atoms with Gasteiger partial charge < -0.3 is 11.1 Å². The zero-order valence-corrected chi connectivity index (χ0v) is 12.7. The van der Waals surface area contributed by atoms with E-state index in [4.69, 9.17) is 5.73 Å². The lowest BCUT2D eigenvalue weighted by Gasteiger charge is -2.21. The number of rotatable bonds is 3. The van der Waals surface area contributed by atoms with Crippen molar-refractivity contribution in [3.63, 3.8) is 0 Å². The van der Waals surface area contributed by atoms with E-state index in [-0.39, 0.29) is 11.3 Å². The van der Waals surface area contributed by atoms with Gasteiger partial charge in [0.25, 0.3) is 0 Å². The SMILES string of the molecule is CC(C)(C)c1ccc(NC(=O)CN2CCCC2)c(N)c1. The second-order valence-electron chi connectivity index (χ2n) is 6.58. The highest BCUT2D eigenvalue weighted by atomic mass is 16.2. The fraction of sp³-hybridized carbons (Fsp3) is 0.562. The molecule has 110 valence electrons. The molecule has 0 radical (unpaired) electrons. The number of nitrogens with zero attached hydrogens (tertiary/aromatic N) is 1. The second-order valence-corrected chi connectivity index (χ2v) is 6.58. The molecule has 0 bridgehead atoms. The molecule has 0 atom stereocenters. The molecule has 1 heterocycles. The van der Waals surface area contributed by atoms with Gasteiger partial charge in [-0.25, -0.2) is 0 Å². The van der Waals surface area contributed by atoms with Crippen LogP contribution in [-0.4, -0.2) is 30.4 Å². The summed E-state index contributed by atoms with van der Waals surface area (Å²) in [6, 6.07) is 5.88. The third-order valence-electron chi connectivity index (χ3n) is 3.76. The zero-order chi connectivity index (χ0) is 14.8. The molecule has 0 aromatic heterocycles. The van der Waals surface area contributed by atoms with Crippen LogP contribution in [0.15, 0.2) is 18.2 Å². The highest BCUT2D eigenvalue weighted by Crippen LogP contribution is 2.28. The van der Waals surface area contributed by atoms with Gasteiger partial charge in [-0.3, -0.25) is 9.69 Å². The Morgan fingerprint density at radius 3 is 2.50 bits per heavy atom. The molecule has 1 saturated heterocycles. The van der Waals surface area contributed by atoms with Crippen LogP contribution in [-0.2, 0) is 10.2 Å². The highest BCUT2D eigenvalue weighted by Gasteiger charge is 2.17. The van der Waals surface area contributed by atoms with Crippen molar-refractivity contribution in [1.82, 2.24) is 4.90 Å². The van der Waals surface area contributed by atoms with E-state index in [9.17, 15) is 4.79 Å². The van der Waals surface area contributed by atoms with Crippen LogP contribution >= 0.6 is 0 Å². The number of anilines is 2. The molecule has 1 aliphatic heterocycles. The second kappa shape index (κ2) is 5.83. The maximum absolute atomic E-state index is 12.0. The lowest BCUT2D eigenvalue weighted by Crippen LogP contribution is -2.31. The molecule has 1 aliphatic rings. The molecule has 20 heavy (non-hydrogen) atoms. The number of carbonyl (C=O) groups excluding carboxylic acids is 1. The van der Waals surface area contributed by atoms with Gasteiger partial charge in [-0.2, -0.15) is 0 Å². The van der Waals surface area contributed by atoms with Gasteiger partial charge in [-0.1, -0.05) is 26.8 Å². The number of hydrogen-bond donors (Lipinski definition) is 2. The fourth-order valence-corrected chi connectivity index (χ4v) is 2.48. The summed E-state index contributed by atoms with van der Waals surface area (Å²) in [7, 11) is 0. The summed E-state index contributed by atoms with van der Waals surface area (Å²) in [5.41, 5.74) is 8.62. The molecule has 1 amide bonds. The summed E-state index contributed by atoms with van der Waals surface area (Å²) in [5, 5.41) is 2.91. The summed E-state index contributed by atoms with van der Waals surface area (Å²) >= 11 is 0. The van der Waals surface area contributed by atoms with Crippen molar-refractivity contribution < 1.29 is 4.79 Å². The number of nitrogens with two attached hydrogens (primary N) is 1. The Morgan fingerprint density at radius 2 is 1.95 bits per heavy atom. The van der Waals surface area contributed by atoms with E-state index in [0.717, 1.165) is 13.1 Å². The first kappa shape index (κ1) is 14.9. The molecule has 1 aromatic carbocycles. The first-order valence-electron chi connectivity index (χ1n) is 7.28. The molecule has 0 aliphatic carbocycles. The van der Waals surface area contributed by atoms with Crippen LogP contribution in [0.4, 0.5) is 11.4 Å². The fourth-order valence-electron chi connectivity index (χ4n) is 2.48. The molecule has 0 spiro atoms. The lowest BCUT2D eigenvalue weighted by atomic mass is 9.86. The van der Waals surface area contributed by atoms with Crippen molar-refractivity contribution in [2.45, 2.75) is 39.0 Å². The molecule has 0 saturated carbocycles. The first-order valence-corrected chi connectivity index (χ1v) is 7.28. The van der Waals surface area contributed by atoms with Gasteiger partial charge in [0.15, 0.2) is 0 Å². The minimum atomic E-state index is 0.0158. The molecular weight excluding hydrogens is 250 g/mol. The summed E-state index contributed by atoms with van der Waals surface area (Å²) in [5.74, 6) is 0.0158. The quantitative estimate of drug-likeness (QED) is 0.834. The minimum absolute atomic E-state index is 0.0158. The van der Waals surface area contributed by atoms with Crippen LogP contribution in [0.3, 0.4) is 0 Å². The van der Waals surface area contributed by atoms with E-state index in [1.54, 1.807) is 0 Å². The van der Waals surface area contributed by atoms with E-state index in [0.29, 0.717) is 17.9 Å². The van der Waals surface area contributed by atoms with E-state index in [2.05, 4.69) is 31.0 Å². The number of hydrogen-bond acceptors (Lipinski definition) is 3. The van der Waals surface area contributed by atoms with Crippen LogP contribution in [0.2, 0.25) is 0 Å². The smallest absolute Gasteiger partial charge is 0.238 e. The normalized spacial score (nSPS) is 16.4. The van der Waals surface area contributed by atoms with Crippen molar-refractivity contribution in [3.8, 4) is 0 Å². The summed E-state index contributed by atoms with van der Waals surface area (Å²) in [6.45, 7) is 8.94. The van der Waals surface area contributed by atoms with Crippen LogP contribution in [0, 0.1) is 0 Å². The van der Waals surface area contributed by atoms with Crippen LogP contribution in [0.5, 0.6) is 0 Å². The molecule has 1 fully saturated rings. The van der Waals surface area contributed by atoms with E-state index < -0.39 is 0 Å². The van der Waals surface area contributed by atoms with Crippen LogP contribution < -0.4 is 11.1 Å². The Bertz CT molecular complexity index is 485. The lowest BCUT2D eigenvalue weighted by molar-refractivity contribution is -0.117. The Kier molecular flexibility index (Phi) is 4.33. The predicted molar refractivity (Wildman–Crippen MR) is 83.9 cm³/mol. The Labute approximate surface area is 121 Å². The summed E-state index contributed by atoms with van der Waals surface area (Å²) in [4.78, 5) is 14.2. The topological polar surface area (TPSA) is 58.4 Å². The van der Waals surface area contributed by atoms with E-state index >= 15 is 0 Å².